The molecule has 0 atom stereocenters. The van der Waals surface area contributed by atoms with E-state index in [0.29, 0.717) is 6.54 Å². The van der Waals surface area contributed by atoms with Crippen LogP contribution in [0.25, 0.3) is 0 Å². The largest absolute Gasteiger partial charge is 0.326 e. The van der Waals surface area contributed by atoms with Crippen molar-refractivity contribution in [3.05, 3.63) is 21.9 Å². The van der Waals surface area contributed by atoms with Gasteiger partial charge in [0.15, 0.2) is 0 Å². The first-order chi connectivity index (χ1) is 4.84. The van der Waals surface area contributed by atoms with Crippen LogP contribution in [0.1, 0.15) is 24.3 Å². The average Bonchev–Trinajstić information content (AvgIpc) is 2.39. The second-order valence-electron chi connectivity index (χ2n) is 1.73. The molecule has 10 heavy (non-hydrogen) atoms. The molecule has 0 unspecified atom stereocenters. The summed E-state index contributed by atoms with van der Waals surface area (Å²) in [6.07, 6.45) is 0. The molecule has 0 saturated heterocycles. The summed E-state index contributed by atoms with van der Waals surface area (Å²) in [5.41, 5.74) is 6.72. The molecule has 1 heterocycles. The first-order valence-electron chi connectivity index (χ1n) is 3.57. The molecule has 58 valence electrons. The van der Waals surface area contributed by atoms with Crippen LogP contribution < -0.4 is 5.73 Å². The summed E-state index contributed by atoms with van der Waals surface area (Å²) in [7, 11) is 0. The van der Waals surface area contributed by atoms with Crippen molar-refractivity contribution in [2.45, 2.75) is 27.3 Å². The van der Waals surface area contributed by atoms with Crippen LogP contribution >= 0.6 is 11.3 Å². The maximum atomic E-state index is 5.41. The van der Waals surface area contributed by atoms with E-state index in [4.69, 9.17) is 5.73 Å². The van der Waals surface area contributed by atoms with E-state index < -0.39 is 0 Å². The Kier molecular flexibility index (Phi) is 5.26. The van der Waals surface area contributed by atoms with Gasteiger partial charge in [-0.2, -0.15) is 0 Å². The fraction of sp³-hybridized carbons (Fsp3) is 0.500. The number of hydrogen-bond acceptors (Lipinski definition) is 2. The van der Waals surface area contributed by atoms with E-state index >= 15 is 0 Å². The number of aryl methyl sites for hydroxylation is 1. The van der Waals surface area contributed by atoms with Crippen LogP contribution in [0.2, 0.25) is 0 Å². The lowest BCUT2D eigenvalue weighted by atomic mass is 10.3. The molecule has 1 nitrogen and oxygen atoms in total. The van der Waals surface area contributed by atoms with Gasteiger partial charge in [-0.15, -0.1) is 11.3 Å². The van der Waals surface area contributed by atoms with E-state index in [2.05, 4.69) is 18.4 Å². The molecule has 0 spiro atoms. The minimum atomic E-state index is 0.684. The van der Waals surface area contributed by atoms with Crippen molar-refractivity contribution in [1.82, 2.24) is 0 Å². The second-order valence-corrected chi connectivity index (χ2v) is 2.73. The van der Waals surface area contributed by atoms with Crippen LogP contribution in [-0.2, 0) is 6.54 Å². The zero-order valence-corrected chi connectivity index (χ0v) is 7.66. The molecule has 2 N–H and O–H groups in total. The van der Waals surface area contributed by atoms with E-state index in [9.17, 15) is 0 Å². The van der Waals surface area contributed by atoms with E-state index in [1.807, 2.05) is 13.8 Å². The van der Waals surface area contributed by atoms with Gasteiger partial charge in [0.25, 0.3) is 0 Å². The first kappa shape index (κ1) is 9.66. The molecule has 0 bridgehead atoms. The van der Waals surface area contributed by atoms with Gasteiger partial charge in [-0.25, -0.2) is 0 Å². The monoisotopic (exact) mass is 157 g/mol. The summed E-state index contributed by atoms with van der Waals surface area (Å²) in [4.78, 5) is 1.30. The number of nitrogens with two attached hydrogens (primary N) is 1. The van der Waals surface area contributed by atoms with Crippen LogP contribution in [0, 0.1) is 6.92 Å². The van der Waals surface area contributed by atoms with Crippen LogP contribution in [0.3, 0.4) is 0 Å². The topological polar surface area (TPSA) is 26.0 Å². The molecular weight excluding hydrogens is 142 g/mol. The van der Waals surface area contributed by atoms with Crippen LogP contribution in [-0.4, -0.2) is 0 Å². The van der Waals surface area contributed by atoms with Crippen molar-refractivity contribution < 1.29 is 0 Å². The first-order valence-corrected chi connectivity index (χ1v) is 4.45. The highest BCUT2D eigenvalue weighted by molar-refractivity contribution is 7.10. The van der Waals surface area contributed by atoms with Gasteiger partial charge >= 0.3 is 0 Å². The van der Waals surface area contributed by atoms with Gasteiger partial charge in [-0.1, -0.05) is 13.8 Å². The Balaban J connectivity index is 0.000000371. The third-order valence-corrected chi connectivity index (χ3v) is 2.20. The minimum Gasteiger partial charge on any atom is -0.326 e. The third-order valence-electron chi connectivity index (χ3n) is 1.15. The zero-order chi connectivity index (χ0) is 7.98. The highest BCUT2D eigenvalue weighted by Gasteiger charge is 1.92. The van der Waals surface area contributed by atoms with Crippen molar-refractivity contribution in [3.63, 3.8) is 0 Å². The Morgan fingerprint density at radius 2 is 2.10 bits per heavy atom. The quantitative estimate of drug-likeness (QED) is 0.666. The number of rotatable bonds is 1. The van der Waals surface area contributed by atoms with Crippen molar-refractivity contribution in [3.8, 4) is 0 Å². The second kappa shape index (κ2) is 5.45. The van der Waals surface area contributed by atoms with Gasteiger partial charge in [0, 0.05) is 11.4 Å². The molecule has 0 aliphatic carbocycles. The van der Waals surface area contributed by atoms with Gasteiger partial charge in [0.2, 0.25) is 0 Å². The Morgan fingerprint density at radius 1 is 1.50 bits per heavy atom. The highest BCUT2D eigenvalue weighted by atomic mass is 32.1. The van der Waals surface area contributed by atoms with E-state index in [1.165, 1.54) is 10.4 Å². The van der Waals surface area contributed by atoms with E-state index in [0.717, 1.165) is 0 Å². The molecular formula is C8H15NS. The number of thiophene rings is 1. The Bertz CT molecular complexity index is 170. The molecule has 0 aliphatic rings. The molecule has 1 aromatic rings. The van der Waals surface area contributed by atoms with E-state index in [-0.39, 0.29) is 0 Å². The minimum absolute atomic E-state index is 0.684. The highest BCUT2D eigenvalue weighted by Crippen LogP contribution is 2.13. The summed E-state index contributed by atoms with van der Waals surface area (Å²) < 4.78 is 0. The lowest BCUT2D eigenvalue weighted by Crippen LogP contribution is -1.93. The van der Waals surface area contributed by atoms with Crippen molar-refractivity contribution >= 4 is 11.3 Å². The fourth-order valence-corrected chi connectivity index (χ4v) is 1.40. The summed E-state index contributed by atoms with van der Waals surface area (Å²) in [5, 5.41) is 2.07. The normalized spacial score (nSPS) is 8.40. The molecule has 2 heteroatoms. The maximum Gasteiger partial charge on any atom is 0.0276 e. The van der Waals surface area contributed by atoms with Crippen LogP contribution in [0.5, 0.6) is 0 Å². The van der Waals surface area contributed by atoms with E-state index in [1.54, 1.807) is 11.3 Å². The van der Waals surface area contributed by atoms with Gasteiger partial charge in [-0.05, 0) is 23.9 Å². The lowest BCUT2D eigenvalue weighted by molar-refractivity contribution is 1.09. The van der Waals surface area contributed by atoms with Crippen molar-refractivity contribution in [2.75, 3.05) is 0 Å². The number of hydrogen-bond donors (Lipinski definition) is 1. The smallest absolute Gasteiger partial charge is 0.0276 e. The molecule has 0 radical (unpaired) electrons. The molecule has 0 fully saturated rings. The molecule has 0 amide bonds. The van der Waals surface area contributed by atoms with Crippen molar-refractivity contribution in [1.29, 1.82) is 0 Å². The molecule has 1 rings (SSSR count). The zero-order valence-electron chi connectivity index (χ0n) is 6.85. The third kappa shape index (κ3) is 2.50. The molecule has 0 saturated carbocycles. The van der Waals surface area contributed by atoms with Gasteiger partial charge in [-0.3, -0.25) is 0 Å². The molecule has 1 aromatic heterocycles. The Labute approximate surface area is 66.9 Å². The summed E-state index contributed by atoms with van der Waals surface area (Å²) in [6, 6.07) is 2.09. The van der Waals surface area contributed by atoms with Crippen molar-refractivity contribution in [2.24, 2.45) is 5.73 Å². The standard InChI is InChI=1S/C6H9NS.C2H6/c1-5-2-3-8-6(5)4-7;1-2/h2-3H,4,7H2,1H3;1-2H3. The van der Waals surface area contributed by atoms with Crippen LogP contribution in [0.4, 0.5) is 0 Å². The van der Waals surface area contributed by atoms with Gasteiger partial charge in [0.1, 0.15) is 0 Å². The van der Waals surface area contributed by atoms with Gasteiger partial charge in [0.05, 0.1) is 0 Å². The average molecular weight is 157 g/mol. The summed E-state index contributed by atoms with van der Waals surface area (Å²) >= 11 is 1.72. The fourth-order valence-electron chi connectivity index (χ4n) is 0.613. The SMILES string of the molecule is CC.Cc1ccsc1CN. The van der Waals surface area contributed by atoms with Gasteiger partial charge < -0.3 is 5.73 Å². The summed E-state index contributed by atoms with van der Waals surface area (Å²) in [6.45, 7) is 6.77. The molecule has 0 aromatic carbocycles. The maximum absolute atomic E-state index is 5.41. The summed E-state index contributed by atoms with van der Waals surface area (Å²) in [5.74, 6) is 0. The Hall–Kier alpha value is -0.340. The van der Waals surface area contributed by atoms with Crippen LogP contribution in [0.15, 0.2) is 11.4 Å². The molecule has 0 aliphatic heterocycles. The predicted molar refractivity (Wildman–Crippen MR) is 48.3 cm³/mol. The Morgan fingerprint density at radius 3 is 2.30 bits per heavy atom. The predicted octanol–water partition coefficient (Wildman–Crippen LogP) is 2.54. The lowest BCUT2D eigenvalue weighted by Gasteiger charge is -1.88.